The van der Waals surface area contributed by atoms with Gasteiger partial charge in [0.25, 0.3) is 5.89 Å². The van der Waals surface area contributed by atoms with E-state index in [4.69, 9.17) is 9.26 Å². The summed E-state index contributed by atoms with van der Waals surface area (Å²) in [6, 6.07) is 24.0. The van der Waals surface area contributed by atoms with Gasteiger partial charge in [-0.3, -0.25) is 9.59 Å². The van der Waals surface area contributed by atoms with Crippen LogP contribution >= 0.6 is 0 Å². The van der Waals surface area contributed by atoms with Crippen molar-refractivity contribution in [3.63, 3.8) is 0 Å². The molecule has 3 aromatic carbocycles. The van der Waals surface area contributed by atoms with E-state index in [1.54, 1.807) is 42.3 Å². The Hall–Kier alpha value is -4.46. The topological polar surface area (TPSA) is 97.6 Å². The fourth-order valence-corrected chi connectivity index (χ4v) is 3.91. The Balaban J connectivity index is 1.27. The molecule has 34 heavy (non-hydrogen) atoms. The highest BCUT2D eigenvalue weighted by Crippen LogP contribution is 2.29. The number of anilines is 2. The standard InChI is InChI=1S/C26H22N4O4/c1-33-22-12-10-21(11-13-22)30-16-19(15-23(30)31)25(32)27-20-9-5-8-18(14-20)26-28-24(29-34-26)17-6-3-2-4-7-17/h2-14,19H,15-16H2,1H3,(H,27,32)/t19-/m1/s1. The lowest BCUT2D eigenvalue weighted by molar-refractivity contribution is -0.122. The molecule has 1 aromatic heterocycles. The van der Waals surface area contributed by atoms with Crippen LogP contribution < -0.4 is 15.0 Å². The van der Waals surface area contributed by atoms with Crippen molar-refractivity contribution in [1.82, 2.24) is 10.1 Å². The average molecular weight is 454 g/mol. The molecule has 2 amide bonds. The van der Waals surface area contributed by atoms with Crippen LogP contribution in [-0.2, 0) is 9.59 Å². The second-order valence-electron chi connectivity index (χ2n) is 7.96. The van der Waals surface area contributed by atoms with Crippen molar-refractivity contribution in [3.8, 4) is 28.6 Å². The summed E-state index contributed by atoms with van der Waals surface area (Å²) in [4.78, 5) is 31.5. The number of carbonyl (C=O) groups is 2. The van der Waals surface area contributed by atoms with Crippen LogP contribution in [0.4, 0.5) is 11.4 Å². The highest BCUT2D eigenvalue weighted by atomic mass is 16.5. The maximum atomic E-state index is 12.9. The Labute approximate surface area is 196 Å². The van der Waals surface area contributed by atoms with Gasteiger partial charge in [0.05, 0.1) is 13.0 Å². The van der Waals surface area contributed by atoms with Crippen molar-refractivity contribution in [3.05, 3.63) is 78.9 Å². The van der Waals surface area contributed by atoms with Gasteiger partial charge in [0, 0.05) is 35.5 Å². The first-order valence-corrected chi connectivity index (χ1v) is 10.9. The molecule has 0 bridgehead atoms. The molecule has 0 unspecified atom stereocenters. The Morgan fingerprint density at radius 2 is 1.79 bits per heavy atom. The maximum Gasteiger partial charge on any atom is 0.258 e. The number of hydrogen-bond acceptors (Lipinski definition) is 6. The molecule has 1 fully saturated rings. The lowest BCUT2D eigenvalue weighted by atomic mass is 10.1. The van der Waals surface area contributed by atoms with Crippen LogP contribution in [0.2, 0.25) is 0 Å². The molecule has 1 atom stereocenters. The van der Waals surface area contributed by atoms with Gasteiger partial charge in [-0.25, -0.2) is 0 Å². The molecule has 0 spiro atoms. The summed E-state index contributed by atoms with van der Waals surface area (Å²) in [6.07, 6.45) is 0.154. The van der Waals surface area contributed by atoms with E-state index < -0.39 is 5.92 Å². The molecule has 1 saturated heterocycles. The summed E-state index contributed by atoms with van der Waals surface area (Å²) in [5.41, 5.74) is 2.88. The minimum absolute atomic E-state index is 0.0848. The molecule has 4 aromatic rings. The third-order valence-corrected chi connectivity index (χ3v) is 5.71. The van der Waals surface area contributed by atoms with Gasteiger partial charge in [0.2, 0.25) is 17.6 Å². The first kappa shape index (κ1) is 21.4. The van der Waals surface area contributed by atoms with Gasteiger partial charge in [-0.1, -0.05) is 41.6 Å². The van der Waals surface area contributed by atoms with E-state index in [0.717, 1.165) is 11.3 Å². The van der Waals surface area contributed by atoms with E-state index in [1.807, 2.05) is 48.5 Å². The summed E-state index contributed by atoms with van der Waals surface area (Å²) in [5.74, 6) is 0.813. The van der Waals surface area contributed by atoms with Crippen LogP contribution in [0.15, 0.2) is 83.4 Å². The monoisotopic (exact) mass is 454 g/mol. The molecular formula is C26H22N4O4. The second-order valence-corrected chi connectivity index (χ2v) is 7.96. The number of benzene rings is 3. The second kappa shape index (κ2) is 9.19. The zero-order valence-electron chi connectivity index (χ0n) is 18.5. The van der Waals surface area contributed by atoms with Crippen molar-refractivity contribution in [1.29, 1.82) is 0 Å². The van der Waals surface area contributed by atoms with E-state index in [-0.39, 0.29) is 18.2 Å². The number of carbonyl (C=O) groups excluding carboxylic acids is 2. The number of methoxy groups -OCH3 is 1. The highest BCUT2D eigenvalue weighted by Gasteiger charge is 2.35. The third-order valence-electron chi connectivity index (χ3n) is 5.71. The SMILES string of the molecule is COc1ccc(N2C[C@H](C(=O)Nc3cccc(-c4nc(-c5ccccc5)no4)c3)CC2=O)cc1. The number of rotatable bonds is 6. The molecule has 1 aliphatic heterocycles. The van der Waals surface area contributed by atoms with Crippen LogP contribution in [0.1, 0.15) is 6.42 Å². The number of amides is 2. The molecule has 5 rings (SSSR count). The van der Waals surface area contributed by atoms with Crippen molar-refractivity contribution in [2.45, 2.75) is 6.42 Å². The number of aromatic nitrogens is 2. The Morgan fingerprint density at radius 3 is 2.56 bits per heavy atom. The lowest BCUT2D eigenvalue weighted by Crippen LogP contribution is -2.28. The first-order valence-electron chi connectivity index (χ1n) is 10.9. The van der Waals surface area contributed by atoms with Crippen molar-refractivity contribution >= 4 is 23.2 Å². The highest BCUT2D eigenvalue weighted by molar-refractivity contribution is 6.03. The molecule has 8 nitrogen and oxygen atoms in total. The largest absolute Gasteiger partial charge is 0.497 e. The van der Waals surface area contributed by atoms with Gasteiger partial charge in [0.1, 0.15) is 5.75 Å². The lowest BCUT2D eigenvalue weighted by Gasteiger charge is -2.17. The molecular weight excluding hydrogens is 432 g/mol. The molecule has 8 heteroatoms. The van der Waals surface area contributed by atoms with Crippen molar-refractivity contribution in [2.75, 3.05) is 23.9 Å². The van der Waals surface area contributed by atoms with Gasteiger partial charge in [0.15, 0.2) is 0 Å². The summed E-state index contributed by atoms with van der Waals surface area (Å²) in [5, 5.41) is 6.96. The minimum Gasteiger partial charge on any atom is -0.497 e. The predicted molar refractivity (Wildman–Crippen MR) is 127 cm³/mol. The van der Waals surface area contributed by atoms with Crippen LogP contribution in [0.5, 0.6) is 5.75 Å². The maximum absolute atomic E-state index is 12.9. The minimum atomic E-state index is -0.452. The Kier molecular flexibility index (Phi) is 5.78. The van der Waals surface area contributed by atoms with Crippen LogP contribution in [0, 0.1) is 5.92 Å². The number of hydrogen-bond donors (Lipinski definition) is 1. The van der Waals surface area contributed by atoms with E-state index in [2.05, 4.69) is 15.5 Å². The zero-order valence-corrected chi connectivity index (χ0v) is 18.5. The molecule has 0 radical (unpaired) electrons. The Morgan fingerprint density at radius 1 is 1.03 bits per heavy atom. The zero-order chi connectivity index (χ0) is 23.5. The molecule has 1 aliphatic rings. The number of nitrogens with zero attached hydrogens (tertiary/aromatic N) is 3. The molecule has 170 valence electrons. The normalized spacial score (nSPS) is 15.4. The van der Waals surface area contributed by atoms with Crippen LogP contribution in [-0.4, -0.2) is 35.6 Å². The van der Waals surface area contributed by atoms with E-state index in [9.17, 15) is 9.59 Å². The molecule has 2 heterocycles. The van der Waals surface area contributed by atoms with Gasteiger partial charge in [-0.2, -0.15) is 4.98 Å². The van der Waals surface area contributed by atoms with Gasteiger partial charge < -0.3 is 19.5 Å². The summed E-state index contributed by atoms with van der Waals surface area (Å²) in [7, 11) is 1.59. The van der Waals surface area contributed by atoms with Gasteiger partial charge in [-0.05, 0) is 42.5 Å². The van der Waals surface area contributed by atoms with Crippen molar-refractivity contribution in [2.24, 2.45) is 5.92 Å². The van der Waals surface area contributed by atoms with E-state index in [1.165, 1.54) is 0 Å². The van der Waals surface area contributed by atoms with Crippen molar-refractivity contribution < 1.29 is 18.8 Å². The fourth-order valence-electron chi connectivity index (χ4n) is 3.91. The smallest absolute Gasteiger partial charge is 0.258 e. The summed E-state index contributed by atoms with van der Waals surface area (Å²) >= 11 is 0. The van der Waals surface area contributed by atoms with E-state index in [0.29, 0.717) is 35.3 Å². The van der Waals surface area contributed by atoms with Crippen LogP contribution in [0.25, 0.3) is 22.8 Å². The molecule has 1 N–H and O–H groups in total. The Bertz CT molecular complexity index is 1320. The van der Waals surface area contributed by atoms with Gasteiger partial charge in [-0.15, -0.1) is 0 Å². The quantitative estimate of drug-likeness (QED) is 0.464. The average Bonchev–Trinajstić information content (AvgIpc) is 3.52. The number of nitrogens with one attached hydrogen (secondary N) is 1. The van der Waals surface area contributed by atoms with Gasteiger partial charge >= 0.3 is 0 Å². The van der Waals surface area contributed by atoms with Crippen LogP contribution in [0.3, 0.4) is 0 Å². The summed E-state index contributed by atoms with van der Waals surface area (Å²) < 4.78 is 10.6. The van der Waals surface area contributed by atoms with E-state index >= 15 is 0 Å². The predicted octanol–water partition coefficient (Wildman–Crippen LogP) is 4.40. The number of ether oxygens (including phenoxy) is 1. The molecule has 0 saturated carbocycles. The first-order chi connectivity index (χ1) is 16.6. The molecule has 0 aliphatic carbocycles. The summed E-state index contributed by atoms with van der Waals surface area (Å²) in [6.45, 7) is 0.320. The third kappa shape index (κ3) is 4.38. The fraction of sp³-hybridized carbons (Fsp3) is 0.154.